The van der Waals surface area contributed by atoms with Crippen LogP contribution in [0.15, 0.2) is 17.1 Å². The van der Waals surface area contributed by atoms with Gasteiger partial charge in [0, 0.05) is 30.1 Å². The maximum Gasteiger partial charge on any atom is 0.351 e. The molecule has 8 nitrogen and oxygen atoms in total. The summed E-state index contributed by atoms with van der Waals surface area (Å²) in [5, 5.41) is 28.2. The number of anilines is 1. The van der Waals surface area contributed by atoms with Crippen molar-refractivity contribution in [1.29, 1.82) is 0 Å². The van der Waals surface area contributed by atoms with Crippen molar-refractivity contribution in [2.24, 2.45) is 0 Å². The van der Waals surface area contributed by atoms with E-state index in [0.717, 1.165) is 4.57 Å². The molecule has 2 heterocycles. The van der Waals surface area contributed by atoms with Crippen molar-refractivity contribution < 1.29 is 20.1 Å². The average molecular weight is 362 g/mol. The van der Waals surface area contributed by atoms with Crippen LogP contribution < -0.4 is 11.4 Å². The minimum atomic E-state index is -1.31. The monoisotopic (exact) mass is 363 g/mol. The Balaban J connectivity index is 0.00000162. The van der Waals surface area contributed by atoms with Gasteiger partial charge in [-0.1, -0.05) is 0 Å². The number of nitrogen functional groups attached to an aromatic ring is 1. The largest absolute Gasteiger partial charge is 0.394 e. The summed E-state index contributed by atoms with van der Waals surface area (Å²) in [6.07, 6.45) is -3.27. The molecular weight excluding hydrogens is 349 g/mol. The molecule has 1 aliphatic heterocycles. The van der Waals surface area contributed by atoms with E-state index in [1.54, 1.807) is 0 Å². The van der Waals surface area contributed by atoms with Gasteiger partial charge >= 0.3 is 5.69 Å². The summed E-state index contributed by atoms with van der Waals surface area (Å²) in [6.45, 7) is -0.453. The Morgan fingerprint density at radius 3 is 2.61 bits per heavy atom. The van der Waals surface area contributed by atoms with Gasteiger partial charge < -0.3 is 25.8 Å². The molecule has 0 aliphatic carbocycles. The molecule has 1 aromatic heterocycles. The summed E-state index contributed by atoms with van der Waals surface area (Å²) >= 11 is 0. The van der Waals surface area contributed by atoms with Crippen LogP contribution in [0.3, 0.4) is 0 Å². The number of nitrogens with two attached hydrogens (primary N) is 1. The molecule has 4 radical (unpaired) electrons. The number of hydrogen-bond donors (Lipinski definition) is 4. The minimum Gasteiger partial charge on any atom is -0.394 e. The van der Waals surface area contributed by atoms with E-state index in [2.05, 4.69) is 4.98 Å². The van der Waals surface area contributed by atoms with Crippen LogP contribution in [0.2, 0.25) is 0 Å². The van der Waals surface area contributed by atoms with Crippen LogP contribution in [0.5, 0.6) is 0 Å². The van der Waals surface area contributed by atoms with Crippen LogP contribution in [0.1, 0.15) is 6.23 Å². The molecule has 0 spiro atoms. The number of aliphatic hydroxyl groups is 3. The van der Waals surface area contributed by atoms with E-state index in [1.807, 2.05) is 0 Å². The molecule has 0 bridgehead atoms. The van der Waals surface area contributed by atoms with Crippen LogP contribution in [-0.2, 0) is 4.74 Å². The first-order valence-electron chi connectivity index (χ1n) is 5.01. The second-order valence-corrected chi connectivity index (χ2v) is 3.77. The Hall–Kier alpha value is -0.681. The number of aliphatic hydroxyl groups excluding tert-OH is 3. The molecule has 1 saturated heterocycles. The first-order chi connectivity index (χ1) is 8.04. The number of nitrogens with zero attached hydrogens (tertiary/aromatic N) is 2. The van der Waals surface area contributed by atoms with E-state index in [4.69, 9.17) is 15.6 Å². The second-order valence-electron chi connectivity index (χ2n) is 3.77. The first kappa shape index (κ1) is 15.4. The van der Waals surface area contributed by atoms with E-state index in [1.165, 1.54) is 12.3 Å². The summed E-state index contributed by atoms with van der Waals surface area (Å²) in [4.78, 5) is 15.0. The second kappa shape index (κ2) is 5.97. The van der Waals surface area contributed by atoms with E-state index < -0.39 is 36.8 Å². The maximum atomic E-state index is 11.5. The zero-order valence-corrected chi connectivity index (χ0v) is 12.2. The van der Waals surface area contributed by atoms with Crippen molar-refractivity contribution in [2.45, 2.75) is 24.5 Å². The molecule has 18 heavy (non-hydrogen) atoms. The Labute approximate surface area is 119 Å². The normalized spacial score (nSPS) is 31.1. The fraction of sp³-hybridized carbons (Fsp3) is 0.556. The molecule has 9 heteroatoms. The Kier molecular flexibility index (Phi) is 5.10. The summed E-state index contributed by atoms with van der Waals surface area (Å²) in [7, 11) is 0. The van der Waals surface area contributed by atoms with E-state index >= 15 is 0 Å². The van der Waals surface area contributed by atoms with Crippen LogP contribution >= 0.6 is 0 Å². The van der Waals surface area contributed by atoms with Crippen LogP contribution in [0.25, 0.3) is 0 Å². The van der Waals surface area contributed by atoms with Crippen molar-refractivity contribution in [3.05, 3.63) is 22.7 Å². The van der Waals surface area contributed by atoms with E-state index in [-0.39, 0.29) is 29.7 Å². The van der Waals surface area contributed by atoms with Gasteiger partial charge in [0.05, 0.1) is 6.61 Å². The maximum absolute atomic E-state index is 11.5. The fourth-order valence-electron chi connectivity index (χ4n) is 1.73. The molecule has 1 fully saturated rings. The van der Waals surface area contributed by atoms with Gasteiger partial charge in [0.15, 0.2) is 6.23 Å². The Bertz CT molecular complexity index is 468. The zero-order chi connectivity index (χ0) is 12.6. The third kappa shape index (κ3) is 2.67. The standard InChI is InChI=1S/C9H13N3O5.Sn/c10-5-1-2-12(9(16)11-5)8-7(15)6(14)4(3-13)17-8;/h1-2,4,6-8,13-15H,3H2,(H2,10,11,16);/t4-,6-,7-,8-;/m1./s1. The molecule has 0 amide bonds. The molecule has 0 aromatic carbocycles. The van der Waals surface area contributed by atoms with Crippen molar-refractivity contribution in [3.8, 4) is 0 Å². The quantitative estimate of drug-likeness (QED) is 0.414. The van der Waals surface area contributed by atoms with Gasteiger partial charge in [-0.2, -0.15) is 4.98 Å². The van der Waals surface area contributed by atoms with Gasteiger partial charge in [0.1, 0.15) is 24.1 Å². The predicted molar refractivity (Wildman–Crippen MR) is 61.7 cm³/mol. The van der Waals surface area contributed by atoms with Crippen LogP contribution in [-0.4, -0.2) is 73.7 Å². The number of aromatic nitrogens is 2. The summed E-state index contributed by atoms with van der Waals surface area (Å²) in [5.41, 5.74) is 4.63. The Morgan fingerprint density at radius 1 is 1.44 bits per heavy atom. The number of ether oxygens (including phenoxy) is 1. The van der Waals surface area contributed by atoms with Gasteiger partial charge in [-0.05, 0) is 6.07 Å². The number of rotatable bonds is 2. The topological polar surface area (TPSA) is 131 Å². The van der Waals surface area contributed by atoms with Crippen LogP contribution in [0, 0.1) is 0 Å². The molecule has 1 aromatic rings. The molecule has 98 valence electrons. The smallest absolute Gasteiger partial charge is 0.351 e. The summed E-state index contributed by atoms with van der Waals surface area (Å²) in [6, 6.07) is 1.37. The molecule has 1 aliphatic rings. The zero-order valence-electron chi connectivity index (χ0n) is 9.30. The average Bonchev–Trinajstić information content (AvgIpc) is 2.57. The molecular formula is C9H13N3O5Sn. The third-order valence-electron chi connectivity index (χ3n) is 2.64. The first-order valence-corrected chi connectivity index (χ1v) is 5.01. The molecule has 4 atom stereocenters. The Morgan fingerprint density at radius 2 is 2.11 bits per heavy atom. The number of hydrogen-bond acceptors (Lipinski definition) is 7. The molecule has 0 saturated carbocycles. The predicted octanol–water partition coefficient (Wildman–Crippen LogP) is -2.94. The SMILES string of the molecule is Nc1ccn([C@@H]2O[C@H](CO)[C@@H](O)[C@H]2O)c(=O)n1.[Sn]. The summed E-state index contributed by atoms with van der Waals surface area (Å²) < 4.78 is 6.19. The van der Waals surface area contributed by atoms with E-state index in [9.17, 15) is 15.0 Å². The van der Waals surface area contributed by atoms with Gasteiger partial charge in [-0.15, -0.1) is 0 Å². The summed E-state index contributed by atoms with van der Waals surface area (Å²) in [5.74, 6) is 0.0537. The molecule has 0 unspecified atom stereocenters. The van der Waals surface area contributed by atoms with Gasteiger partial charge in [0.2, 0.25) is 0 Å². The van der Waals surface area contributed by atoms with Gasteiger partial charge in [0.25, 0.3) is 0 Å². The van der Waals surface area contributed by atoms with Gasteiger partial charge in [-0.25, -0.2) is 4.79 Å². The minimum absolute atomic E-state index is 0. The molecule has 5 N–H and O–H groups in total. The van der Waals surface area contributed by atoms with Crippen molar-refractivity contribution in [2.75, 3.05) is 12.3 Å². The van der Waals surface area contributed by atoms with Crippen molar-refractivity contribution in [1.82, 2.24) is 9.55 Å². The molecule has 2 rings (SSSR count). The van der Waals surface area contributed by atoms with Crippen LogP contribution in [0.4, 0.5) is 5.82 Å². The third-order valence-corrected chi connectivity index (χ3v) is 2.64. The van der Waals surface area contributed by atoms with Crippen molar-refractivity contribution >= 4 is 29.7 Å². The van der Waals surface area contributed by atoms with Gasteiger partial charge in [-0.3, -0.25) is 4.57 Å². The van der Waals surface area contributed by atoms with Crippen molar-refractivity contribution in [3.63, 3.8) is 0 Å². The fourth-order valence-corrected chi connectivity index (χ4v) is 1.73. The van der Waals surface area contributed by atoms with E-state index in [0.29, 0.717) is 0 Å².